The number of rotatable bonds is 5. The van der Waals surface area contributed by atoms with Gasteiger partial charge >= 0.3 is 12.1 Å². The number of cyclic esters (lactones) is 1. The van der Waals surface area contributed by atoms with Crippen LogP contribution in [0.5, 0.6) is 0 Å². The Balaban J connectivity index is 1.73. The molecule has 5 nitrogen and oxygen atoms in total. The van der Waals surface area contributed by atoms with E-state index in [-0.39, 0.29) is 12.6 Å². The fourth-order valence-electron chi connectivity index (χ4n) is 3.13. The van der Waals surface area contributed by atoms with Gasteiger partial charge in [0.05, 0.1) is 0 Å². The summed E-state index contributed by atoms with van der Waals surface area (Å²) in [5.74, 6) is -0.359. The van der Waals surface area contributed by atoms with E-state index in [0.29, 0.717) is 12.8 Å². The van der Waals surface area contributed by atoms with Gasteiger partial charge in [0.2, 0.25) is 0 Å². The van der Waals surface area contributed by atoms with Gasteiger partial charge in [-0.15, -0.1) is 0 Å². The molecule has 1 aromatic heterocycles. The van der Waals surface area contributed by atoms with E-state index >= 15 is 0 Å². The van der Waals surface area contributed by atoms with Crippen LogP contribution >= 0.6 is 11.3 Å². The summed E-state index contributed by atoms with van der Waals surface area (Å²) in [6, 6.07) is 10.9. The summed E-state index contributed by atoms with van der Waals surface area (Å²) in [5, 5.41) is 4.06. The van der Waals surface area contributed by atoms with Crippen molar-refractivity contribution in [2.75, 3.05) is 0 Å². The smallest absolute Gasteiger partial charge is 0.413 e. The van der Waals surface area contributed by atoms with Crippen LogP contribution < -0.4 is 0 Å². The normalized spacial score (nSPS) is 19.8. The summed E-state index contributed by atoms with van der Waals surface area (Å²) < 4.78 is 11.1. The summed E-state index contributed by atoms with van der Waals surface area (Å²) in [6.45, 7) is 6.01. The summed E-state index contributed by atoms with van der Waals surface area (Å²) in [4.78, 5) is 26.9. The molecule has 3 rings (SSSR count). The molecule has 0 aliphatic carbocycles. The summed E-state index contributed by atoms with van der Waals surface area (Å²) in [5.41, 5.74) is 1.66. The van der Waals surface area contributed by atoms with Crippen LogP contribution in [0.1, 0.15) is 38.3 Å². The van der Waals surface area contributed by atoms with Gasteiger partial charge in [-0.25, -0.2) is 9.59 Å². The maximum atomic E-state index is 12.9. The van der Waals surface area contributed by atoms with Gasteiger partial charge in [-0.1, -0.05) is 51.1 Å². The number of esters is 1. The Morgan fingerprint density at radius 2 is 1.93 bits per heavy atom. The Morgan fingerprint density at radius 1 is 1.19 bits per heavy atom. The topological polar surface area (TPSA) is 55.8 Å². The van der Waals surface area contributed by atoms with Crippen molar-refractivity contribution in [1.82, 2.24) is 4.90 Å². The number of carbonyl (C=O) groups excluding carboxylic acids is 2. The maximum Gasteiger partial charge on any atom is 0.413 e. The lowest BCUT2D eigenvalue weighted by Gasteiger charge is -2.33. The summed E-state index contributed by atoms with van der Waals surface area (Å²) in [7, 11) is 0. The third-order valence-corrected chi connectivity index (χ3v) is 5.26. The first-order valence-electron chi connectivity index (χ1n) is 9.07. The molecular weight excluding hydrogens is 362 g/mol. The molecule has 1 saturated heterocycles. The summed E-state index contributed by atoms with van der Waals surface area (Å²) >= 11 is 1.62. The first kappa shape index (κ1) is 19.4. The molecule has 1 aliphatic rings. The van der Waals surface area contributed by atoms with Crippen LogP contribution in [0.2, 0.25) is 0 Å². The molecule has 2 heterocycles. The molecule has 2 atom stereocenters. The van der Waals surface area contributed by atoms with E-state index in [4.69, 9.17) is 9.47 Å². The number of hydrogen-bond donors (Lipinski definition) is 0. The van der Waals surface area contributed by atoms with E-state index in [1.165, 1.54) is 4.90 Å². The lowest BCUT2D eigenvalue weighted by Crippen LogP contribution is -2.48. The van der Waals surface area contributed by atoms with Crippen molar-refractivity contribution in [1.29, 1.82) is 0 Å². The third-order valence-electron chi connectivity index (χ3n) is 4.53. The number of benzene rings is 1. The van der Waals surface area contributed by atoms with Gasteiger partial charge in [0.15, 0.2) is 6.23 Å². The predicted molar refractivity (Wildman–Crippen MR) is 104 cm³/mol. The average molecular weight is 388 g/mol. The Labute approximate surface area is 163 Å². The van der Waals surface area contributed by atoms with Crippen molar-refractivity contribution in [3.63, 3.8) is 0 Å². The van der Waals surface area contributed by atoms with Crippen LogP contribution in [0.15, 0.2) is 47.2 Å². The first-order chi connectivity index (χ1) is 12.9. The van der Waals surface area contributed by atoms with Crippen LogP contribution in [0.3, 0.4) is 0 Å². The highest BCUT2D eigenvalue weighted by molar-refractivity contribution is 7.07. The number of ether oxygens (including phenoxy) is 2. The van der Waals surface area contributed by atoms with Crippen LogP contribution in [0.25, 0.3) is 0 Å². The van der Waals surface area contributed by atoms with Gasteiger partial charge in [-0.05, 0) is 40.8 Å². The SMILES string of the molecule is CC(C)(C)[C@H]1OC(=O)[C@H](CCc2ccsc2)N1C(=O)OCc1ccccc1. The fraction of sp³-hybridized carbons (Fsp3) is 0.429. The Bertz CT molecular complexity index is 767. The predicted octanol–water partition coefficient (Wildman–Crippen LogP) is 4.62. The molecule has 0 radical (unpaired) electrons. The highest BCUT2D eigenvalue weighted by Crippen LogP contribution is 2.34. The highest BCUT2D eigenvalue weighted by Gasteiger charge is 2.50. The van der Waals surface area contributed by atoms with Crippen LogP contribution in [-0.4, -0.2) is 29.2 Å². The minimum absolute atomic E-state index is 0.165. The molecule has 0 spiro atoms. The van der Waals surface area contributed by atoms with Crippen molar-refractivity contribution in [2.45, 2.75) is 52.5 Å². The second-order valence-electron chi connectivity index (χ2n) is 7.79. The van der Waals surface area contributed by atoms with Crippen molar-refractivity contribution < 1.29 is 19.1 Å². The Morgan fingerprint density at radius 3 is 2.56 bits per heavy atom. The molecule has 0 saturated carbocycles. The molecule has 27 heavy (non-hydrogen) atoms. The van der Waals surface area contributed by atoms with E-state index in [2.05, 4.69) is 5.38 Å². The van der Waals surface area contributed by atoms with E-state index in [1.54, 1.807) is 11.3 Å². The Kier molecular flexibility index (Phi) is 5.85. The van der Waals surface area contributed by atoms with E-state index in [9.17, 15) is 9.59 Å². The van der Waals surface area contributed by atoms with E-state index in [1.807, 2.05) is 62.5 Å². The van der Waals surface area contributed by atoms with Crippen molar-refractivity contribution in [3.8, 4) is 0 Å². The molecular formula is C21H25NO4S. The first-order valence-corrected chi connectivity index (χ1v) is 10.0. The standard InChI is InChI=1S/C21H25NO4S/c1-21(2,3)19-22(20(24)25-13-15-7-5-4-6-8-15)17(18(23)26-19)10-9-16-11-12-27-14-16/h4-8,11-12,14,17,19H,9-10,13H2,1-3H3/t17-,19+/m0/s1. The molecule has 0 N–H and O–H groups in total. The molecule has 2 aromatic rings. The lowest BCUT2D eigenvalue weighted by atomic mass is 9.93. The molecule has 0 unspecified atom stereocenters. The zero-order valence-corrected chi connectivity index (χ0v) is 16.7. The molecule has 1 amide bonds. The second kappa shape index (κ2) is 8.13. The van der Waals surface area contributed by atoms with Gasteiger partial charge in [0, 0.05) is 5.41 Å². The number of aryl methyl sites for hydroxylation is 1. The molecule has 1 aliphatic heterocycles. The maximum absolute atomic E-state index is 12.9. The van der Waals surface area contributed by atoms with E-state index < -0.39 is 23.8 Å². The summed E-state index contributed by atoms with van der Waals surface area (Å²) in [6.07, 6.45) is 0.0752. The van der Waals surface area contributed by atoms with Gasteiger partial charge in [0.1, 0.15) is 12.6 Å². The van der Waals surface area contributed by atoms with Gasteiger partial charge < -0.3 is 9.47 Å². The van der Waals surface area contributed by atoms with Crippen molar-refractivity contribution in [3.05, 3.63) is 58.3 Å². The third kappa shape index (κ3) is 4.69. The quantitative estimate of drug-likeness (QED) is 0.703. The van der Waals surface area contributed by atoms with Crippen LogP contribution in [0.4, 0.5) is 4.79 Å². The van der Waals surface area contributed by atoms with Crippen LogP contribution in [-0.2, 0) is 27.3 Å². The van der Waals surface area contributed by atoms with Crippen molar-refractivity contribution in [2.24, 2.45) is 5.41 Å². The number of hydrogen-bond acceptors (Lipinski definition) is 5. The highest BCUT2D eigenvalue weighted by atomic mass is 32.1. The average Bonchev–Trinajstić information content (AvgIpc) is 3.26. The zero-order chi connectivity index (χ0) is 19.4. The molecule has 6 heteroatoms. The monoisotopic (exact) mass is 387 g/mol. The number of nitrogens with zero attached hydrogens (tertiary/aromatic N) is 1. The van der Waals surface area contributed by atoms with Gasteiger partial charge in [-0.2, -0.15) is 11.3 Å². The fourth-order valence-corrected chi connectivity index (χ4v) is 3.83. The molecule has 0 bridgehead atoms. The van der Waals surface area contributed by atoms with Gasteiger partial charge in [-0.3, -0.25) is 4.90 Å². The van der Waals surface area contributed by atoms with Crippen LogP contribution in [0, 0.1) is 5.41 Å². The molecule has 1 aromatic carbocycles. The minimum Gasteiger partial charge on any atom is -0.444 e. The van der Waals surface area contributed by atoms with Crippen molar-refractivity contribution >= 4 is 23.4 Å². The van der Waals surface area contributed by atoms with E-state index in [0.717, 1.165) is 11.1 Å². The number of thiophene rings is 1. The Hall–Kier alpha value is -2.34. The zero-order valence-electron chi connectivity index (χ0n) is 15.9. The lowest BCUT2D eigenvalue weighted by molar-refractivity contribution is -0.147. The molecule has 144 valence electrons. The number of amides is 1. The molecule has 1 fully saturated rings. The second-order valence-corrected chi connectivity index (χ2v) is 8.57. The largest absolute Gasteiger partial charge is 0.444 e. The minimum atomic E-state index is -0.638. The van der Waals surface area contributed by atoms with Gasteiger partial charge in [0.25, 0.3) is 0 Å². The number of carbonyl (C=O) groups is 2.